The van der Waals surface area contributed by atoms with Crippen molar-refractivity contribution in [2.45, 2.75) is 13.0 Å². The Morgan fingerprint density at radius 2 is 2.03 bits per heavy atom. The summed E-state index contributed by atoms with van der Waals surface area (Å²) in [4.78, 5) is 21.5. The van der Waals surface area contributed by atoms with E-state index in [1.807, 2.05) is 20.0 Å². The van der Waals surface area contributed by atoms with Crippen LogP contribution in [0.1, 0.15) is 17.3 Å². The summed E-state index contributed by atoms with van der Waals surface area (Å²) in [6, 6.07) is 10.1. The summed E-state index contributed by atoms with van der Waals surface area (Å²) in [5, 5.41) is 17.2. The van der Waals surface area contributed by atoms with E-state index in [9.17, 15) is 14.3 Å². The molecule has 0 fully saturated rings. The number of nitrogens with one attached hydrogen (secondary N) is 1. The summed E-state index contributed by atoms with van der Waals surface area (Å²) in [6.45, 7) is 1.50. The molecule has 2 N–H and O–H groups in total. The normalized spacial score (nSPS) is 12.0. The van der Waals surface area contributed by atoms with Crippen molar-refractivity contribution in [2.24, 2.45) is 7.05 Å². The number of pyridine rings is 1. The van der Waals surface area contributed by atoms with Gasteiger partial charge >= 0.3 is 0 Å². The summed E-state index contributed by atoms with van der Waals surface area (Å²) >= 11 is 5.74. The van der Waals surface area contributed by atoms with Crippen LogP contribution in [0.4, 0.5) is 16.2 Å². The van der Waals surface area contributed by atoms with Crippen molar-refractivity contribution in [3.63, 3.8) is 0 Å². The largest absolute Gasteiger partial charge is 0.394 e. The molecule has 0 saturated heterocycles. The van der Waals surface area contributed by atoms with Crippen molar-refractivity contribution >= 4 is 23.4 Å². The van der Waals surface area contributed by atoms with E-state index in [1.165, 1.54) is 22.8 Å². The highest BCUT2D eigenvalue weighted by atomic mass is 35.5. The third-order valence-electron chi connectivity index (χ3n) is 4.98. The van der Waals surface area contributed by atoms with Crippen LogP contribution in [0.15, 0.2) is 59.7 Å². The lowest BCUT2D eigenvalue weighted by atomic mass is 10.1. The number of halogens is 2. The van der Waals surface area contributed by atoms with Crippen molar-refractivity contribution in [1.29, 1.82) is 0 Å². The van der Waals surface area contributed by atoms with Crippen LogP contribution in [0.25, 0.3) is 11.3 Å². The van der Waals surface area contributed by atoms with E-state index in [2.05, 4.69) is 20.4 Å². The highest BCUT2D eigenvalue weighted by molar-refractivity contribution is 6.30. The number of aryl methyl sites for hydroxylation is 2. The van der Waals surface area contributed by atoms with Crippen LogP contribution in [-0.2, 0) is 7.05 Å². The van der Waals surface area contributed by atoms with Crippen molar-refractivity contribution < 1.29 is 9.50 Å². The lowest BCUT2D eigenvalue weighted by Gasteiger charge is -2.18. The number of aromatic nitrogens is 5. The zero-order valence-electron chi connectivity index (χ0n) is 17.3. The molecule has 0 aliphatic carbocycles. The van der Waals surface area contributed by atoms with Crippen LogP contribution >= 0.6 is 11.6 Å². The summed E-state index contributed by atoms with van der Waals surface area (Å²) in [6.07, 6.45) is 3.14. The van der Waals surface area contributed by atoms with Crippen molar-refractivity contribution in [3.8, 4) is 11.3 Å². The van der Waals surface area contributed by atoms with Gasteiger partial charge in [0.15, 0.2) is 0 Å². The first-order valence-corrected chi connectivity index (χ1v) is 10.1. The third-order valence-corrected chi connectivity index (χ3v) is 5.29. The van der Waals surface area contributed by atoms with E-state index >= 15 is 0 Å². The Hall–Kier alpha value is -3.56. The van der Waals surface area contributed by atoms with E-state index in [1.54, 1.807) is 35.3 Å². The number of benzene rings is 1. The molecule has 0 amide bonds. The summed E-state index contributed by atoms with van der Waals surface area (Å²) < 4.78 is 16.9. The molecule has 4 rings (SSSR count). The van der Waals surface area contributed by atoms with Gasteiger partial charge in [0.1, 0.15) is 11.6 Å². The number of nitrogens with zero attached hydrogens (tertiary/aromatic N) is 5. The van der Waals surface area contributed by atoms with Crippen LogP contribution in [0.5, 0.6) is 0 Å². The predicted octanol–water partition coefficient (Wildman–Crippen LogP) is 3.47. The van der Waals surface area contributed by atoms with Gasteiger partial charge in [0.25, 0.3) is 5.56 Å². The van der Waals surface area contributed by atoms with E-state index in [4.69, 9.17) is 11.6 Å². The quantitative estimate of drug-likeness (QED) is 0.463. The zero-order valence-corrected chi connectivity index (χ0v) is 18.1. The fourth-order valence-electron chi connectivity index (χ4n) is 3.40. The minimum absolute atomic E-state index is 0.0254. The molecule has 3 aromatic heterocycles. The summed E-state index contributed by atoms with van der Waals surface area (Å²) in [5.41, 5.74) is 2.05. The minimum Gasteiger partial charge on any atom is -0.394 e. The maximum absolute atomic E-state index is 13.9. The van der Waals surface area contributed by atoms with Crippen molar-refractivity contribution in [2.75, 3.05) is 11.9 Å². The summed E-state index contributed by atoms with van der Waals surface area (Å²) in [5.74, 6) is 0.479. The molecule has 32 heavy (non-hydrogen) atoms. The predicted molar refractivity (Wildman–Crippen MR) is 120 cm³/mol. The molecule has 4 aromatic rings. The molecule has 164 valence electrons. The molecule has 1 atom stereocenters. The Labute approximate surface area is 188 Å². The molecular formula is C22H20ClFN6O2. The monoisotopic (exact) mass is 454 g/mol. The number of aliphatic hydroxyl groups is 1. The number of anilines is 2. The SMILES string of the molecule is Cc1cc(Nc2nccc(-c3ccn([C@H](CO)c4ccc(Cl)c(F)c4)c(=O)c3)n2)n(C)n1. The second kappa shape index (κ2) is 8.89. The molecule has 0 radical (unpaired) electrons. The standard InChI is InChI=1S/C22H20ClFN6O2/c1-13-9-20(29(2)28-13)27-22-25-7-5-18(26-22)14-6-8-30(21(32)11-14)19(12-31)15-3-4-16(23)17(24)10-15/h3-11,19,31H,12H2,1-2H3,(H,25,26,27)/t19-/m1/s1. The summed E-state index contributed by atoms with van der Waals surface area (Å²) in [7, 11) is 1.81. The highest BCUT2D eigenvalue weighted by Gasteiger charge is 2.17. The Kier molecular flexibility index (Phi) is 6.02. The van der Waals surface area contributed by atoms with E-state index in [-0.39, 0.29) is 17.2 Å². The highest BCUT2D eigenvalue weighted by Crippen LogP contribution is 2.24. The Balaban J connectivity index is 1.63. The molecular weight excluding hydrogens is 435 g/mol. The Morgan fingerprint density at radius 1 is 1.22 bits per heavy atom. The molecule has 0 unspecified atom stereocenters. The molecule has 0 aliphatic heterocycles. The van der Waals surface area contributed by atoms with Crippen LogP contribution in [0.3, 0.4) is 0 Å². The number of hydrogen-bond donors (Lipinski definition) is 2. The fraction of sp³-hybridized carbons (Fsp3) is 0.182. The molecule has 8 nitrogen and oxygen atoms in total. The topological polar surface area (TPSA) is 97.9 Å². The number of aliphatic hydroxyl groups excluding tert-OH is 1. The van der Waals surface area contributed by atoms with Gasteiger partial charge in [-0.1, -0.05) is 17.7 Å². The van der Waals surface area contributed by atoms with Gasteiger partial charge in [0.2, 0.25) is 5.95 Å². The molecule has 3 heterocycles. The van der Waals surface area contributed by atoms with Crippen LogP contribution in [0, 0.1) is 12.7 Å². The molecule has 0 aliphatic rings. The van der Waals surface area contributed by atoms with Crippen molar-refractivity contribution in [3.05, 3.63) is 87.3 Å². The van der Waals surface area contributed by atoms with E-state index in [0.29, 0.717) is 22.8 Å². The maximum Gasteiger partial charge on any atom is 0.251 e. The number of rotatable bonds is 6. The molecule has 1 aromatic carbocycles. The third kappa shape index (κ3) is 4.39. The Bertz CT molecular complexity index is 1340. The zero-order chi connectivity index (χ0) is 22.8. The Morgan fingerprint density at radius 3 is 2.69 bits per heavy atom. The van der Waals surface area contributed by atoms with E-state index in [0.717, 1.165) is 11.5 Å². The fourth-order valence-corrected chi connectivity index (χ4v) is 3.52. The van der Waals surface area contributed by atoms with Gasteiger partial charge in [-0.3, -0.25) is 9.48 Å². The van der Waals surface area contributed by atoms with Gasteiger partial charge in [-0.2, -0.15) is 5.10 Å². The second-order valence-corrected chi connectivity index (χ2v) is 7.63. The average Bonchev–Trinajstić information content (AvgIpc) is 3.09. The first-order valence-electron chi connectivity index (χ1n) is 9.75. The minimum atomic E-state index is -0.751. The van der Waals surface area contributed by atoms with Gasteiger partial charge in [0.05, 0.1) is 29.1 Å². The van der Waals surface area contributed by atoms with Crippen LogP contribution in [-0.4, -0.2) is 36.0 Å². The van der Waals surface area contributed by atoms with Crippen molar-refractivity contribution in [1.82, 2.24) is 24.3 Å². The van der Waals surface area contributed by atoms with E-state index < -0.39 is 11.9 Å². The molecule has 0 spiro atoms. The molecule has 0 saturated carbocycles. The first-order chi connectivity index (χ1) is 15.4. The van der Waals surface area contributed by atoms with Gasteiger partial charge in [0, 0.05) is 37.1 Å². The lowest BCUT2D eigenvalue weighted by molar-refractivity contribution is 0.247. The van der Waals surface area contributed by atoms with Gasteiger partial charge in [-0.25, -0.2) is 14.4 Å². The van der Waals surface area contributed by atoms with Crippen LogP contribution in [0.2, 0.25) is 5.02 Å². The maximum atomic E-state index is 13.9. The first kappa shape index (κ1) is 21.7. The van der Waals surface area contributed by atoms with Gasteiger partial charge in [-0.15, -0.1) is 0 Å². The van der Waals surface area contributed by atoms with Gasteiger partial charge < -0.3 is 15.0 Å². The van der Waals surface area contributed by atoms with Crippen LogP contribution < -0.4 is 10.9 Å². The number of hydrogen-bond acceptors (Lipinski definition) is 6. The second-order valence-electron chi connectivity index (χ2n) is 7.22. The lowest BCUT2D eigenvalue weighted by Crippen LogP contribution is -2.27. The smallest absolute Gasteiger partial charge is 0.251 e. The van der Waals surface area contributed by atoms with Gasteiger partial charge in [-0.05, 0) is 36.8 Å². The molecule has 10 heteroatoms. The molecule has 0 bridgehead atoms. The average molecular weight is 455 g/mol.